The highest BCUT2D eigenvalue weighted by atomic mass is 16.6. The summed E-state index contributed by atoms with van der Waals surface area (Å²) in [7, 11) is 1.64. The van der Waals surface area contributed by atoms with Crippen LogP contribution in [-0.4, -0.2) is 43.1 Å². The minimum Gasteiger partial charge on any atom is -0.497 e. The van der Waals surface area contributed by atoms with E-state index in [0.29, 0.717) is 26.2 Å². The average molecular weight is 424 g/mol. The van der Waals surface area contributed by atoms with Gasteiger partial charge in [-0.3, -0.25) is 4.90 Å². The normalized spacial score (nSPS) is 17.0. The lowest BCUT2D eigenvalue weighted by molar-refractivity contribution is -0.0490. The molecule has 0 saturated carbocycles. The van der Waals surface area contributed by atoms with Gasteiger partial charge in [0.2, 0.25) is 0 Å². The van der Waals surface area contributed by atoms with Crippen molar-refractivity contribution in [1.29, 1.82) is 0 Å². The van der Waals surface area contributed by atoms with Gasteiger partial charge < -0.3 is 18.9 Å². The number of hydrogen-bond acceptors (Lipinski definition) is 5. The number of hydrogen-bond donors (Lipinski definition) is 0. The molecule has 0 spiro atoms. The molecule has 6 nitrogen and oxygen atoms in total. The highest BCUT2D eigenvalue weighted by Crippen LogP contribution is 2.29. The zero-order valence-corrected chi connectivity index (χ0v) is 18.3. The van der Waals surface area contributed by atoms with Crippen LogP contribution in [0, 0.1) is 11.8 Å². The van der Waals surface area contributed by atoms with Crippen molar-refractivity contribution in [2.24, 2.45) is 0 Å². The monoisotopic (exact) mass is 423 g/mol. The minimum absolute atomic E-state index is 0.160. The van der Waals surface area contributed by atoms with Crippen molar-refractivity contribution in [1.82, 2.24) is 4.90 Å². The van der Waals surface area contributed by atoms with Crippen LogP contribution in [0.15, 0.2) is 54.6 Å². The molecule has 3 rings (SSSR count). The van der Waals surface area contributed by atoms with Gasteiger partial charge >= 0.3 is 6.09 Å². The maximum Gasteiger partial charge on any atom is 0.412 e. The molecule has 1 saturated heterocycles. The molecule has 1 fully saturated rings. The molecular weight excluding hydrogens is 394 g/mol. The molecule has 0 radical (unpaired) electrons. The molecule has 31 heavy (non-hydrogen) atoms. The highest BCUT2D eigenvalue weighted by molar-refractivity contribution is 5.69. The molecule has 6 heteroatoms. The number of nitrogens with zero attached hydrogens (tertiary/aromatic N) is 1. The third-order valence-electron chi connectivity index (χ3n) is 5.04. The van der Waals surface area contributed by atoms with E-state index in [1.807, 2.05) is 68.4 Å². The summed E-state index contributed by atoms with van der Waals surface area (Å²) in [4.78, 5) is 14.4. The van der Waals surface area contributed by atoms with Gasteiger partial charge in [0.05, 0.1) is 26.4 Å². The first kappa shape index (κ1) is 22.7. The fraction of sp³-hybridized carbons (Fsp3) is 0.400. The van der Waals surface area contributed by atoms with Crippen molar-refractivity contribution in [2.75, 3.05) is 20.3 Å². The Balaban J connectivity index is 1.46. The molecular formula is C25H29NO5. The Kier molecular flexibility index (Phi) is 7.94. The van der Waals surface area contributed by atoms with Gasteiger partial charge in [0.1, 0.15) is 24.7 Å². The number of carbonyl (C=O) groups is 1. The number of carbonyl (C=O) groups excluding carboxylic acids is 1. The Labute approximate surface area is 184 Å². The van der Waals surface area contributed by atoms with Crippen molar-refractivity contribution in [3.05, 3.63) is 65.7 Å². The van der Waals surface area contributed by atoms with Crippen LogP contribution in [0.5, 0.6) is 5.75 Å². The first-order valence-electron chi connectivity index (χ1n) is 10.3. The van der Waals surface area contributed by atoms with Crippen molar-refractivity contribution in [3.8, 4) is 17.6 Å². The Bertz CT molecular complexity index is 899. The predicted octanol–water partition coefficient (Wildman–Crippen LogP) is 4.38. The second-order valence-electron chi connectivity index (χ2n) is 7.72. The SMILES string of the molecule is COc1ccc(COCC#CC[C@H]2COC(C)(C)N2C(=O)OCc2ccccc2)cc1. The molecule has 1 aliphatic rings. The van der Waals surface area contributed by atoms with Crippen LogP contribution in [-0.2, 0) is 27.4 Å². The average Bonchev–Trinajstić information content (AvgIpc) is 3.09. The molecule has 0 aromatic heterocycles. The molecule has 1 heterocycles. The Hall–Kier alpha value is -3.01. The van der Waals surface area contributed by atoms with E-state index in [-0.39, 0.29) is 12.6 Å². The summed E-state index contributed by atoms with van der Waals surface area (Å²) in [6.45, 7) is 5.18. The number of amides is 1. The van der Waals surface area contributed by atoms with Crippen LogP contribution in [0.4, 0.5) is 4.79 Å². The van der Waals surface area contributed by atoms with Crippen molar-refractivity contribution in [3.63, 3.8) is 0 Å². The predicted molar refractivity (Wildman–Crippen MR) is 117 cm³/mol. The molecule has 0 unspecified atom stereocenters. The molecule has 0 N–H and O–H groups in total. The molecule has 1 amide bonds. The van der Waals surface area contributed by atoms with Crippen LogP contribution in [0.2, 0.25) is 0 Å². The standard InChI is InChI=1S/C25H29NO5/c1-25(2)26(24(27)30-18-20-9-5-4-6-10-20)22(19-31-25)11-7-8-16-29-17-21-12-14-23(28-3)15-13-21/h4-6,9-10,12-15,22H,11,16-19H2,1-3H3/t22-/m0/s1. The molecule has 1 atom stereocenters. The third kappa shape index (κ3) is 6.48. The zero-order chi connectivity index (χ0) is 22.1. The second-order valence-corrected chi connectivity index (χ2v) is 7.72. The van der Waals surface area contributed by atoms with Crippen LogP contribution in [0.25, 0.3) is 0 Å². The maximum absolute atomic E-state index is 12.7. The van der Waals surface area contributed by atoms with E-state index in [1.54, 1.807) is 12.0 Å². The maximum atomic E-state index is 12.7. The van der Waals surface area contributed by atoms with Crippen LogP contribution < -0.4 is 4.74 Å². The van der Waals surface area contributed by atoms with Gasteiger partial charge in [0, 0.05) is 6.42 Å². The van der Waals surface area contributed by atoms with Crippen molar-refractivity contribution in [2.45, 2.75) is 45.2 Å². The van der Waals surface area contributed by atoms with Gasteiger partial charge in [-0.25, -0.2) is 4.79 Å². The fourth-order valence-corrected chi connectivity index (χ4v) is 3.37. The Morgan fingerprint density at radius 3 is 2.48 bits per heavy atom. The lowest BCUT2D eigenvalue weighted by Crippen LogP contribution is -2.48. The third-order valence-corrected chi connectivity index (χ3v) is 5.04. The Morgan fingerprint density at radius 2 is 1.77 bits per heavy atom. The van der Waals surface area contributed by atoms with Crippen LogP contribution >= 0.6 is 0 Å². The van der Waals surface area contributed by atoms with Gasteiger partial charge in [-0.05, 0) is 37.1 Å². The van der Waals surface area contributed by atoms with Crippen LogP contribution in [0.1, 0.15) is 31.4 Å². The lowest BCUT2D eigenvalue weighted by Gasteiger charge is -2.32. The van der Waals surface area contributed by atoms with E-state index >= 15 is 0 Å². The van der Waals surface area contributed by atoms with Gasteiger partial charge in [-0.1, -0.05) is 54.3 Å². The van der Waals surface area contributed by atoms with E-state index in [1.165, 1.54) is 0 Å². The first-order valence-corrected chi connectivity index (χ1v) is 10.3. The minimum atomic E-state index is -0.731. The molecule has 164 valence electrons. The van der Waals surface area contributed by atoms with Gasteiger partial charge in [-0.2, -0.15) is 0 Å². The van der Waals surface area contributed by atoms with E-state index < -0.39 is 11.8 Å². The van der Waals surface area contributed by atoms with E-state index in [4.69, 9.17) is 18.9 Å². The Morgan fingerprint density at radius 1 is 1.06 bits per heavy atom. The lowest BCUT2D eigenvalue weighted by atomic mass is 10.1. The van der Waals surface area contributed by atoms with E-state index in [2.05, 4.69) is 11.8 Å². The summed E-state index contributed by atoms with van der Waals surface area (Å²) >= 11 is 0. The quantitative estimate of drug-likeness (QED) is 0.489. The molecule has 1 aliphatic heterocycles. The number of methoxy groups -OCH3 is 1. The highest BCUT2D eigenvalue weighted by Gasteiger charge is 2.44. The fourth-order valence-electron chi connectivity index (χ4n) is 3.37. The van der Waals surface area contributed by atoms with E-state index in [9.17, 15) is 4.79 Å². The number of rotatable bonds is 7. The molecule has 2 aromatic carbocycles. The van der Waals surface area contributed by atoms with Gasteiger partial charge in [-0.15, -0.1) is 0 Å². The van der Waals surface area contributed by atoms with Crippen molar-refractivity contribution < 1.29 is 23.7 Å². The summed E-state index contributed by atoms with van der Waals surface area (Å²) < 4.78 is 22.1. The van der Waals surface area contributed by atoms with Gasteiger partial charge in [0.25, 0.3) is 0 Å². The number of ether oxygens (including phenoxy) is 4. The zero-order valence-electron chi connectivity index (χ0n) is 18.3. The largest absolute Gasteiger partial charge is 0.497 e. The van der Waals surface area contributed by atoms with E-state index in [0.717, 1.165) is 16.9 Å². The molecule has 2 aromatic rings. The molecule has 0 aliphatic carbocycles. The topological polar surface area (TPSA) is 57.2 Å². The van der Waals surface area contributed by atoms with Crippen LogP contribution in [0.3, 0.4) is 0 Å². The van der Waals surface area contributed by atoms with Crippen molar-refractivity contribution >= 4 is 6.09 Å². The summed E-state index contributed by atoms with van der Waals surface area (Å²) in [5.74, 6) is 6.94. The molecule has 0 bridgehead atoms. The smallest absolute Gasteiger partial charge is 0.412 e. The first-order chi connectivity index (χ1) is 15.0. The number of benzene rings is 2. The second kappa shape index (κ2) is 10.9. The summed E-state index contributed by atoms with van der Waals surface area (Å²) in [6.07, 6.45) is 0.101. The summed E-state index contributed by atoms with van der Waals surface area (Å²) in [6, 6.07) is 17.2. The van der Waals surface area contributed by atoms with Gasteiger partial charge in [0.15, 0.2) is 0 Å². The summed E-state index contributed by atoms with van der Waals surface area (Å²) in [5, 5.41) is 0. The summed E-state index contributed by atoms with van der Waals surface area (Å²) in [5.41, 5.74) is 1.27.